The third-order valence-corrected chi connectivity index (χ3v) is 8.22. The third kappa shape index (κ3) is 6.39. The maximum atomic E-state index is 14.9. The Bertz CT molecular complexity index is 1570. The Labute approximate surface area is 240 Å². The van der Waals surface area contributed by atoms with Crippen molar-refractivity contribution in [1.29, 1.82) is 0 Å². The van der Waals surface area contributed by atoms with Gasteiger partial charge in [-0.1, -0.05) is 6.07 Å². The molecule has 1 saturated carbocycles. The zero-order valence-corrected chi connectivity index (χ0v) is 23.3. The Kier molecular flexibility index (Phi) is 7.66. The summed E-state index contributed by atoms with van der Waals surface area (Å²) < 4.78 is 21.6. The Morgan fingerprint density at radius 2 is 1.88 bits per heavy atom. The molecule has 4 amide bonds. The maximum Gasteiger partial charge on any atom is 0.319 e. The molecule has 2 aliphatic rings. The molecule has 3 aromatic heterocycles. The van der Waals surface area contributed by atoms with Crippen LogP contribution in [0.3, 0.4) is 0 Å². The molecular formula is C29H30FN7O3S. The van der Waals surface area contributed by atoms with Crippen LogP contribution >= 0.6 is 11.3 Å². The SMILES string of the molecule is CNC(=O)N1CCN(Cc2ccc(-c3cc4nccc(Oc5ccc(NC(=O)NC6CC6)cc5F)c4s3)nc2)CC1. The smallest absolute Gasteiger partial charge is 0.319 e. The van der Waals surface area contributed by atoms with Crippen LogP contribution in [0.4, 0.5) is 19.7 Å². The van der Waals surface area contributed by atoms with Gasteiger partial charge in [-0.2, -0.15) is 0 Å². The molecule has 1 aromatic carbocycles. The Hall–Kier alpha value is -4.29. The number of nitrogens with zero attached hydrogens (tertiary/aromatic N) is 4. The average molecular weight is 576 g/mol. The molecule has 1 aliphatic heterocycles. The summed E-state index contributed by atoms with van der Waals surface area (Å²) in [6, 6.07) is 11.9. The number of rotatable bonds is 7. The van der Waals surface area contributed by atoms with E-state index in [9.17, 15) is 14.0 Å². The first-order valence-electron chi connectivity index (χ1n) is 13.5. The number of piperazine rings is 1. The van der Waals surface area contributed by atoms with Gasteiger partial charge in [0, 0.05) is 76.0 Å². The van der Waals surface area contributed by atoms with E-state index in [1.165, 1.54) is 23.5 Å². The molecule has 212 valence electrons. The van der Waals surface area contributed by atoms with Crippen molar-refractivity contribution < 1.29 is 18.7 Å². The molecule has 3 N–H and O–H groups in total. The van der Waals surface area contributed by atoms with Crippen LogP contribution in [0.15, 0.2) is 54.9 Å². The number of amides is 4. The van der Waals surface area contributed by atoms with E-state index in [4.69, 9.17) is 4.74 Å². The van der Waals surface area contributed by atoms with Crippen molar-refractivity contribution in [2.45, 2.75) is 25.4 Å². The minimum atomic E-state index is -0.580. The number of halogens is 1. The topological polar surface area (TPSA) is 112 Å². The molecular weight excluding hydrogens is 545 g/mol. The minimum Gasteiger partial charge on any atom is -0.453 e. The summed E-state index contributed by atoms with van der Waals surface area (Å²) in [6.07, 6.45) is 5.46. The molecule has 0 spiro atoms. The van der Waals surface area contributed by atoms with Crippen LogP contribution < -0.4 is 20.7 Å². The van der Waals surface area contributed by atoms with Gasteiger partial charge in [-0.05, 0) is 42.7 Å². The third-order valence-electron chi connectivity index (χ3n) is 7.05. The second kappa shape index (κ2) is 11.7. The number of thiophene rings is 1. The Morgan fingerprint density at radius 3 is 2.59 bits per heavy atom. The molecule has 2 fully saturated rings. The quantitative estimate of drug-likeness (QED) is 0.285. The molecule has 1 saturated heterocycles. The van der Waals surface area contributed by atoms with Crippen molar-refractivity contribution in [2.24, 2.45) is 0 Å². The molecule has 41 heavy (non-hydrogen) atoms. The van der Waals surface area contributed by atoms with Gasteiger partial charge < -0.3 is 25.6 Å². The normalized spacial score (nSPS) is 15.5. The summed E-state index contributed by atoms with van der Waals surface area (Å²) in [7, 11) is 1.65. The highest BCUT2D eigenvalue weighted by molar-refractivity contribution is 7.22. The lowest BCUT2D eigenvalue weighted by Gasteiger charge is -2.34. The minimum absolute atomic E-state index is 0.0350. The van der Waals surface area contributed by atoms with Gasteiger partial charge in [-0.3, -0.25) is 14.9 Å². The molecule has 10 nitrogen and oxygen atoms in total. The van der Waals surface area contributed by atoms with Crippen LogP contribution in [0.25, 0.3) is 20.8 Å². The number of urea groups is 2. The zero-order valence-electron chi connectivity index (χ0n) is 22.5. The first kappa shape index (κ1) is 26.9. The molecule has 4 heterocycles. The molecule has 12 heteroatoms. The largest absolute Gasteiger partial charge is 0.453 e. The van der Waals surface area contributed by atoms with Crippen molar-refractivity contribution in [3.63, 3.8) is 0 Å². The van der Waals surface area contributed by atoms with E-state index in [0.29, 0.717) is 24.5 Å². The van der Waals surface area contributed by atoms with Crippen molar-refractivity contribution in [3.05, 3.63) is 66.2 Å². The Balaban J connectivity index is 1.11. The Morgan fingerprint density at radius 1 is 1.05 bits per heavy atom. The second-order valence-electron chi connectivity index (χ2n) is 10.1. The van der Waals surface area contributed by atoms with Gasteiger partial charge in [0.1, 0.15) is 5.75 Å². The van der Waals surface area contributed by atoms with E-state index >= 15 is 0 Å². The molecule has 6 rings (SSSR count). The first-order chi connectivity index (χ1) is 19.9. The number of hydrogen-bond acceptors (Lipinski definition) is 7. The zero-order chi connectivity index (χ0) is 28.3. The molecule has 4 aromatic rings. The summed E-state index contributed by atoms with van der Waals surface area (Å²) in [6.45, 7) is 3.80. The van der Waals surface area contributed by atoms with Crippen molar-refractivity contribution >= 4 is 39.3 Å². The van der Waals surface area contributed by atoms with Gasteiger partial charge in [0.15, 0.2) is 11.6 Å². The molecule has 0 atom stereocenters. The average Bonchev–Trinajstić information content (AvgIpc) is 3.68. The van der Waals surface area contributed by atoms with Gasteiger partial charge in [0.25, 0.3) is 0 Å². The fourth-order valence-corrected chi connectivity index (χ4v) is 5.71. The van der Waals surface area contributed by atoms with Gasteiger partial charge >= 0.3 is 12.1 Å². The van der Waals surface area contributed by atoms with E-state index in [-0.39, 0.29) is 23.9 Å². The van der Waals surface area contributed by atoms with Crippen molar-refractivity contribution in [2.75, 3.05) is 38.5 Å². The summed E-state index contributed by atoms with van der Waals surface area (Å²) >= 11 is 1.48. The predicted molar refractivity (Wildman–Crippen MR) is 156 cm³/mol. The maximum absolute atomic E-state index is 14.9. The lowest BCUT2D eigenvalue weighted by Crippen LogP contribution is -2.50. The number of carbonyl (C=O) groups excluding carboxylic acids is 2. The monoisotopic (exact) mass is 575 g/mol. The van der Waals surface area contributed by atoms with Crippen LogP contribution in [-0.4, -0.2) is 71.1 Å². The van der Waals surface area contributed by atoms with E-state index < -0.39 is 5.82 Å². The second-order valence-corrected chi connectivity index (χ2v) is 11.2. The van der Waals surface area contributed by atoms with E-state index in [1.807, 2.05) is 23.2 Å². The van der Waals surface area contributed by atoms with Crippen LogP contribution in [-0.2, 0) is 6.54 Å². The van der Waals surface area contributed by atoms with Crippen LogP contribution in [0, 0.1) is 5.82 Å². The highest BCUT2D eigenvalue weighted by Gasteiger charge is 2.23. The van der Waals surface area contributed by atoms with E-state index in [0.717, 1.165) is 58.8 Å². The summed E-state index contributed by atoms with van der Waals surface area (Å²) in [5.41, 5.74) is 3.01. The van der Waals surface area contributed by atoms with Gasteiger partial charge in [-0.25, -0.2) is 14.0 Å². The van der Waals surface area contributed by atoms with Crippen molar-refractivity contribution in [1.82, 2.24) is 30.4 Å². The van der Waals surface area contributed by atoms with Crippen LogP contribution in [0.5, 0.6) is 11.5 Å². The number of anilines is 1. The summed E-state index contributed by atoms with van der Waals surface area (Å²) in [4.78, 5) is 38.0. The summed E-state index contributed by atoms with van der Waals surface area (Å²) in [5.74, 6) is -0.0349. The number of hydrogen-bond donors (Lipinski definition) is 3. The molecule has 0 bridgehead atoms. The van der Waals surface area contributed by atoms with E-state index in [1.54, 1.807) is 25.4 Å². The predicted octanol–water partition coefficient (Wildman–Crippen LogP) is 5.03. The molecule has 0 radical (unpaired) electrons. The summed E-state index contributed by atoms with van der Waals surface area (Å²) in [5, 5.41) is 8.14. The number of pyridine rings is 2. The fourth-order valence-electron chi connectivity index (χ4n) is 4.67. The number of fused-ring (bicyclic) bond motifs is 1. The molecule has 0 unspecified atom stereocenters. The number of carbonyl (C=O) groups is 2. The number of ether oxygens (including phenoxy) is 1. The van der Waals surface area contributed by atoms with Gasteiger partial charge in [0.2, 0.25) is 0 Å². The van der Waals surface area contributed by atoms with Crippen molar-refractivity contribution in [3.8, 4) is 22.1 Å². The highest BCUT2D eigenvalue weighted by atomic mass is 32.1. The molecule has 1 aliphatic carbocycles. The number of benzene rings is 1. The van der Waals surface area contributed by atoms with Gasteiger partial charge in [0.05, 0.1) is 20.8 Å². The van der Waals surface area contributed by atoms with Gasteiger partial charge in [-0.15, -0.1) is 11.3 Å². The lowest BCUT2D eigenvalue weighted by molar-refractivity contribution is 0.136. The standard InChI is InChI=1S/C29H30FN7O3S/c1-31-29(39)37-12-10-36(11-13-37)17-18-2-6-22(33-16-18)26-15-23-27(41-26)25(8-9-32-23)40-24-7-5-20(14-21(24)30)35-28(38)34-19-3-4-19/h2,5-9,14-16,19H,3-4,10-13,17H2,1H3,(H,31,39)(H2,34,35,38). The number of nitrogens with one attached hydrogen (secondary N) is 3. The van der Waals surface area contributed by atoms with Crippen LogP contribution in [0.2, 0.25) is 0 Å². The van der Waals surface area contributed by atoms with E-state index in [2.05, 4.69) is 36.9 Å². The number of aromatic nitrogens is 2. The fraction of sp³-hybridized carbons (Fsp3) is 0.310. The first-order valence-corrected chi connectivity index (χ1v) is 14.3. The highest BCUT2D eigenvalue weighted by Crippen LogP contribution is 2.39. The lowest BCUT2D eigenvalue weighted by atomic mass is 10.2. The van der Waals surface area contributed by atoms with Crippen LogP contribution in [0.1, 0.15) is 18.4 Å².